The third-order valence-electron chi connectivity index (χ3n) is 4.65. The van der Waals surface area contributed by atoms with Crippen LogP contribution in [0.1, 0.15) is 15.4 Å². The number of carbonyl (C=O) groups excluding carboxylic acids is 1. The lowest BCUT2D eigenvalue weighted by Crippen LogP contribution is -2.26. The van der Waals surface area contributed by atoms with Gasteiger partial charge >= 0.3 is 0 Å². The van der Waals surface area contributed by atoms with E-state index in [1.807, 2.05) is 31.2 Å². The Hall–Kier alpha value is -3.23. The Morgan fingerprint density at radius 1 is 1.00 bits per heavy atom. The van der Waals surface area contributed by atoms with Crippen molar-refractivity contribution in [3.05, 3.63) is 83.4 Å². The average Bonchev–Trinajstić information content (AvgIpc) is 3.13. The highest BCUT2D eigenvalue weighted by Gasteiger charge is 2.21. The Balaban J connectivity index is 1.52. The number of aromatic nitrogens is 1. The molecule has 152 valence electrons. The number of nitrogens with zero attached hydrogens (tertiary/aromatic N) is 2. The zero-order chi connectivity index (χ0) is 21.3. The Bertz CT molecular complexity index is 1320. The molecule has 0 aliphatic carbocycles. The number of carbonyl (C=O) groups is 1. The number of nitrogens with one attached hydrogen (secondary N) is 1. The molecule has 0 saturated heterocycles. The van der Waals surface area contributed by atoms with Crippen LogP contribution in [0.5, 0.6) is 0 Å². The van der Waals surface area contributed by atoms with E-state index in [1.54, 1.807) is 35.6 Å². The summed E-state index contributed by atoms with van der Waals surface area (Å²) in [6.07, 6.45) is 0. The molecule has 0 fully saturated rings. The van der Waals surface area contributed by atoms with E-state index in [0.717, 1.165) is 15.2 Å². The van der Waals surface area contributed by atoms with E-state index >= 15 is 0 Å². The van der Waals surface area contributed by atoms with E-state index in [1.165, 1.54) is 35.6 Å². The monoisotopic (exact) mass is 437 g/mol. The van der Waals surface area contributed by atoms with Crippen molar-refractivity contribution in [1.29, 1.82) is 0 Å². The second kappa shape index (κ2) is 7.89. The number of sulfonamides is 1. The van der Waals surface area contributed by atoms with Gasteiger partial charge in [-0.25, -0.2) is 13.4 Å². The Kier molecular flexibility index (Phi) is 5.27. The first kappa shape index (κ1) is 20.1. The minimum absolute atomic E-state index is 0.116. The highest BCUT2D eigenvalue weighted by Crippen LogP contribution is 2.25. The van der Waals surface area contributed by atoms with E-state index in [0.29, 0.717) is 16.9 Å². The fourth-order valence-corrected chi connectivity index (χ4v) is 5.04. The van der Waals surface area contributed by atoms with Crippen LogP contribution in [-0.2, 0) is 10.0 Å². The number of amides is 1. The van der Waals surface area contributed by atoms with Crippen LogP contribution < -0.4 is 9.62 Å². The van der Waals surface area contributed by atoms with Gasteiger partial charge in [0.2, 0.25) is 0 Å². The lowest BCUT2D eigenvalue weighted by Gasteiger charge is -2.19. The average molecular weight is 438 g/mol. The van der Waals surface area contributed by atoms with Crippen LogP contribution in [0, 0.1) is 6.92 Å². The zero-order valence-electron chi connectivity index (χ0n) is 16.4. The zero-order valence-corrected chi connectivity index (χ0v) is 18.0. The van der Waals surface area contributed by atoms with Crippen molar-refractivity contribution in [2.75, 3.05) is 16.7 Å². The summed E-state index contributed by atoms with van der Waals surface area (Å²) in [5.41, 5.74) is 2.40. The predicted molar refractivity (Wildman–Crippen MR) is 121 cm³/mol. The van der Waals surface area contributed by atoms with Crippen LogP contribution in [0.3, 0.4) is 0 Å². The Labute approximate surface area is 178 Å². The van der Waals surface area contributed by atoms with Gasteiger partial charge in [0.1, 0.15) is 0 Å². The predicted octanol–water partition coefficient (Wildman–Crippen LogP) is 4.68. The first-order chi connectivity index (χ1) is 14.3. The normalized spacial score (nSPS) is 11.4. The van der Waals surface area contributed by atoms with Crippen molar-refractivity contribution < 1.29 is 13.2 Å². The van der Waals surface area contributed by atoms with Crippen molar-refractivity contribution in [3.63, 3.8) is 0 Å². The van der Waals surface area contributed by atoms with Crippen LogP contribution in [0.15, 0.2) is 77.7 Å². The molecule has 0 radical (unpaired) electrons. The number of hydrogen-bond acceptors (Lipinski definition) is 5. The highest BCUT2D eigenvalue weighted by atomic mass is 32.2. The highest BCUT2D eigenvalue weighted by molar-refractivity contribution is 7.92. The fourth-order valence-electron chi connectivity index (χ4n) is 3.04. The van der Waals surface area contributed by atoms with Crippen LogP contribution >= 0.6 is 11.3 Å². The number of benzene rings is 3. The van der Waals surface area contributed by atoms with E-state index in [4.69, 9.17) is 0 Å². The molecule has 1 N–H and O–H groups in total. The van der Waals surface area contributed by atoms with E-state index in [-0.39, 0.29) is 10.8 Å². The van der Waals surface area contributed by atoms with Gasteiger partial charge in [0.25, 0.3) is 15.9 Å². The summed E-state index contributed by atoms with van der Waals surface area (Å²) in [6, 6.07) is 20.3. The van der Waals surface area contributed by atoms with Crippen molar-refractivity contribution in [2.24, 2.45) is 0 Å². The standard InChI is InChI=1S/C22H19N3O3S2/c1-15-23-20-14-17(10-13-21(20)29-15)24-22(26)16-8-11-19(12-9-16)30(27,28)25(2)18-6-4-3-5-7-18/h3-14H,1-2H3,(H,24,26). The molecule has 3 aromatic carbocycles. The number of fused-ring (bicyclic) bond motifs is 1. The molecule has 0 aliphatic rings. The number of anilines is 2. The molecule has 0 aliphatic heterocycles. The van der Waals surface area contributed by atoms with Crippen LogP contribution in [-0.4, -0.2) is 26.4 Å². The number of rotatable bonds is 5. The van der Waals surface area contributed by atoms with Gasteiger partial charge in [0, 0.05) is 18.3 Å². The maximum Gasteiger partial charge on any atom is 0.264 e. The molecular weight excluding hydrogens is 418 g/mol. The van der Waals surface area contributed by atoms with Gasteiger partial charge in [-0.1, -0.05) is 18.2 Å². The summed E-state index contributed by atoms with van der Waals surface area (Å²) in [5, 5.41) is 3.80. The van der Waals surface area contributed by atoms with E-state index in [2.05, 4.69) is 10.3 Å². The second-order valence-corrected chi connectivity index (χ2v) is 9.91. The topological polar surface area (TPSA) is 79.4 Å². The third-order valence-corrected chi connectivity index (χ3v) is 7.40. The second-order valence-electron chi connectivity index (χ2n) is 6.70. The first-order valence-electron chi connectivity index (χ1n) is 9.17. The summed E-state index contributed by atoms with van der Waals surface area (Å²) in [7, 11) is -2.22. The van der Waals surface area contributed by atoms with Crippen molar-refractivity contribution >= 4 is 48.9 Å². The molecule has 0 bridgehead atoms. The maximum atomic E-state index is 12.9. The maximum absolute atomic E-state index is 12.9. The van der Waals surface area contributed by atoms with Crippen molar-refractivity contribution in [3.8, 4) is 0 Å². The molecule has 30 heavy (non-hydrogen) atoms. The molecule has 0 spiro atoms. The minimum atomic E-state index is -3.72. The number of para-hydroxylation sites is 1. The molecule has 0 saturated carbocycles. The summed E-state index contributed by atoms with van der Waals surface area (Å²) in [4.78, 5) is 17.1. The van der Waals surface area contributed by atoms with Crippen LogP contribution in [0.2, 0.25) is 0 Å². The molecule has 1 aromatic heterocycles. The fraction of sp³-hybridized carbons (Fsp3) is 0.0909. The quantitative estimate of drug-likeness (QED) is 0.492. The van der Waals surface area contributed by atoms with Crippen molar-refractivity contribution in [2.45, 2.75) is 11.8 Å². The molecule has 1 amide bonds. The summed E-state index contributed by atoms with van der Waals surface area (Å²) < 4.78 is 28.0. The number of aryl methyl sites for hydroxylation is 1. The Morgan fingerprint density at radius 3 is 2.40 bits per heavy atom. The van der Waals surface area contributed by atoms with Gasteiger partial charge < -0.3 is 5.32 Å². The molecule has 0 unspecified atom stereocenters. The van der Waals surface area contributed by atoms with Gasteiger partial charge in [-0.2, -0.15) is 0 Å². The molecular formula is C22H19N3O3S2. The molecule has 0 atom stereocenters. The largest absolute Gasteiger partial charge is 0.322 e. The van der Waals surface area contributed by atoms with E-state index < -0.39 is 10.0 Å². The number of thiazole rings is 1. The van der Waals surface area contributed by atoms with Gasteiger partial charge in [0.15, 0.2) is 0 Å². The summed E-state index contributed by atoms with van der Waals surface area (Å²) >= 11 is 1.60. The van der Waals surface area contributed by atoms with Crippen LogP contribution in [0.4, 0.5) is 11.4 Å². The smallest absolute Gasteiger partial charge is 0.264 e. The Morgan fingerprint density at radius 2 is 1.70 bits per heavy atom. The SMILES string of the molecule is Cc1nc2cc(NC(=O)c3ccc(S(=O)(=O)N(C)c4ccccc4)cc3)ccc2s1. The molecule has 1 heterocycles. The number of hydrogen-bond donors (Lipinski definition) is 1. The van der Waals surface area contributed by atoms with Crippen LogP contribution in [0.25, 0.3) is 10.2 Å². The first-order valence-corrected chi connectivity index (χ1v) is 11.4. The van der Waals surface area contributed by atoms with E-state index in [9.17, 15) is 13.2 Å². The lowest BCUT2D eigenvalue weighted by molar-refractivity contribution is 0.102. The van der Waals surface area contributed by atoms with Gasteiger partial charge in [0.05, 0.1) is 25.8 Å². The van der Waals surface area contributed by atoms with Gasteiger partial charge in [-0.15, -0.1) is 11.3 Å². The summed E-state index contributed by atoms with van der Waals surface area (Å²) in [6.45, 7) is 1.94. The minimum Gasteiger partial charge on any atom is -0.322 e. The summed E-state index contributed by atoms with van der Waals surface area (Å²) in [5.74, 6) is -0.318. The molecule has 4 aromatic rings. The molecule has 6 nitrogen and oxygen atoms in total. The third kappa shape index (κ3) is 3.92. The molecule has 4 rings (SSSR count). The van der Waals surface area contributed by atoms with Gasteiger partial charge in [-0.3, -0.25) is 9.10 Å². The molecule has 8 heteroatoms. The van der Waals surface area contributed by atoms with Gasteiger partial charge in [-0.05, 0) is 61.5 Å². The van der Waals surface area contributed by atoms with Crippen molar-refractivity contribution in [1.82, 2.24) is 4.98 Å². The lowest BCUT2D eigenvalue weighted by atomic mass is 10.2.